The van der Waals surface area contributed by atoms with Gasteiger partial charge in [0.05, 0.1) is 0 Å². The predicted molar refractivity (Wildman–Crippen MR) is 77.8 cm³/mol. The van der Waals surface area contributed by atoms with Crippen LogP contribution in [-0.2, 0) is 12.8 Å². The average Bonchev–Trinajstić information content (AvgIpc) is 2.83. The molecule has 0 saturated heterocycles. The fraction of sp³-hybridized carbons (Fsp3) is 0.333. The number of aryl methyl sites for hydroxylation is 1. The highest BCUT2D eigenvalue weighted by molar-refractivity contribution is 5.77. The Balaban J connectivity index is 1.95. The van der Waals surface area contributed by atoms with E-state index in [1.54, 1.807) is 0 Å². The highest BCUT2D eigenvalue weighted by Crippen LogP contribution is 2.39. The quantitative estimate of drug-likeness (QED) is 0.445. The van der Waals surface area contributed by atoms with Crippen molar-refractivity contribution in [2.45, 2.75) is 39.0 Å². The summed E-state index contributed by atoms with van der Waals surface area (Å²) in [7, 11) is 0. The molecule has 0 aliphatic heterocycles. The molecule has 0 radical (unpaired) electrons. The lowest BCUT2D eigenvalue weighted by Crippen LogP contribution is -1.96. The molecule has 0 bridgehead atoms. The SMILES string of the molecule is CCCCCc1ccc2c(c1)Cc1c-2cc(F)c(F)c1F. The maximum absolute atomic E-state index is 13.9. The van der Waals surface area contributed by atoms with Crippen LogP contribution in [0.4, 0.5) is 13.2 Å². The number of benzene rings is 2. The van der Waals surface area contributed by atoms with Crippen LogP contribution >= 0.6 is 0 Å². The molecule has 21 heavy (non-hydrogen) atoms. The van der Waals surface area contributed by atoms with Gasteiger partial charge in [-0.3, -0.25) is 0 Å². The second kappa shape index (κ2) is 5.55. The lowest BCUT2D eigenvalue weighted by Gasteiger charge is -2.05. The van der Waals surface area contributed by atoms with Crippen molar-refractivity contribution in [2.24, 2.45) is 0 Å². The van der Waals surface area contributed by atoms with Crippen LogP contribution in [0.5, 0.6) is 0 Å². The normalized spacial score (nSPS) is 12.4. The largest absolute Gasteiger partial charge is 0.204 e. The fourth-order valence-corrected chi connectivity index (χ4v) is 3.03. The zero-order valence-electron chi connectivity index (χ0n) is 12.0. The Morgan fingerprint density at radius 1 is 0.952 bits per heavy atom. The minimum atomic E-state index is -1.37. The van der Waals surface area contributed by atoms with Crippen LogP contribution < -0.4 is 0 Å². The first-order valence-corrected chi connectivity index (χ1v) is 7.40. The third-order valence-corrected chi connectivity index (χ3v) is 4.16. The van der Waals surface area contributed by atoms with Crippen molar-refractivity contribution in [1.82, 2.24) is 0 Å². The molecule has 1 aliphatic rings. The van der Waals surface area contributed by atoms with Crippen molar-refractivity contribution < 1.29 is 13.2 Å². The molecule has 0 unspecified atom stereocenters. The Morgan fingerprint density at radius 2 is 1.76 bits per heavy atom. The van der Waals surface area contributed by atoms with E-state index in [0.717, 1.165) is 30.0 Å². The molecule has 0 saturated carbocycles. The van der Waals surface area contributed by atoms with Gasteiger partial charge in [-0.05, 0) is 41.2 Å². The molecule has 0 N–H and O–H groups in total. The van der Waals surface area contributed by atoms with Crippen LogP contribution in [0, 0.1) is 17.5 Å². The summed E-state index contributed by atoms with van der Waals surface area (Å²) >= 11 is 0. The summed E-state index contributed by atoms with van der Waals surface area (Å²) in [5.74, 6) is -3.54. The Kier molecular flexibility index (Phi) is 3.75. The van der Waals surface area contributed by atoms with Gasteiger partial charge in [-0.25, -0.2) is 13.2 Å². The number of hydrogen-bond acceptors (Lipinski definition) is 0. The van der Waals surface area contributed by atoms with E-state index in [1.807, 2.05) is 18.2 Å². The maximum atomic E-state index is 13.9. The molecule has 0 atom stereocenters. The summed E-state index contributed by atoms with van der Waals surface area (Å²) in [5.41, 5.74) is 3.75. The number of halogens is 3. The molecule has 0 spiro atoms. The van der Waals surface area contributed by atoms with E-state index in [4.69, 9.17) is 0 Å². The summed E-state index contributed by atoms with van der Waals surface area (Å²) in [6.45, 7) is 2.16. The van der Waals surface area contributed by atoms with Crippen LogP contribution in [0.3, 0.4) is 0 Å². The van der Waals surface area contributed by atoms with E-state index in [1.165, 1.54) is 18.4 Å². The van der Waals surface area contributed by atoms with Crippen LogP contribution in [0.15, 0.2) is 24.3 Å². The van der Waals surface area contributed by atoms with Crippen molar-refractivity contribution in [3.63, 3.8) is 0 Å². The van der Waals surface area contributed by atoms with E-state index in [2.05, 4.69) is 6.92 Å². The highest BCUT2D eigenvalue weighted by atomic mass is 19.2. The average molecular weight is 290 g/mol. The first-order valence-electron chi connectivity index (χ1n) is 7.40. The Labute approximate surface area is 122 Å². The molecule has 0 nitrogen and oxygen atoms in total. The monoisotopic (exact) mass is 290 g/mol. The first-order chi connectivity index (χ1) is 10.1. The Morgan fingerprint density at radius 3 is 2.52 bits per heavy atom. The van der Waals surface area contributed by atoms with E-state index in [9.17, 15) is 13.2 Å². The molecule has 3 rings (SSSR count). The van der Waals surface area contributed by atoms with Gasteiger partial charge in [0.25, 0.3) is 0 Å². The lowest BCUT2D eigenvalue weighted by molar-refractivity contribution is 0.443. The molecular formula is C18H17F3. The van der Waals surface area contributed by atoms with Gasteiger partial charge in [0.2, 0.25) is 0 Å². The topological polar surface area (TPSA) is 0 Å². The summed E-state index contributed by atoms with van der Waals surface area (Å²) in [5, 5.41) is 0. The van der Waals surface area contributed by atoms with E-state index < -0.39 is 17.5 Å². The predicted octanol–water partition coefficient (Wildman–Crippen LogP) is 5.41. The molecular weight excluding hydrogens is 273 g/mol. The highest BCUT2D eigenvalue weighted by Gasteiger charge is 2.26. The maximum Gasteiger partial charge on any atom is 0.194 e. The fourth-order valence-electron chi connectivity index (χ4n) is 3.03. The van der Waals surface area contributed by atoms with Gasteiger partial charge in [-0.2, -0.15) is 0 Å². The number of hydrogen-bond donors (Lipinski definition) is 0. The Bertz CT molecular complexity index is 689. The number of fused-ring (bicyclic) bond motifs is 3. The van der Waals surface area contributed by atoms with E-state index in [-0.39, 0.29) is 5.56 Å². The second-order valence-corrected chi connectivity index (χ2v) is 5.64. The summed E-state index contributed by atoms with van der Waals surface area (Å²) in [6, 6.07) is 7.05. The molecule has 0 heterocycles. The van der Waals surface area contributed by atoms with Gasteiger partial charge in [-0.15, -0.1) is 0 Å². The van der Waals surface area contributed by atoms with Gasteiger partial charge in [0, 0.05) is 12.0 Å². The van der Waals surface area contributed by atoms with Crippen LogP contribution in [0.2, 0.25) is 0 Å². The van der Waals surface area contributed by atoms with Crippen molar-refractivity contribution in [3.8, 4) is 11.1 Å². The van der Waals surface area contributed by atoms with Gasteiger partial charge in [0.1, 0.15) is 0 Å². The minimum absolute atomic E-state index is 0.273. The number of rotatable bonds is 4. The molecule has 2 aromatic rings. The van der Waals surface area contributed by atoms with Crippen LogP contribution in [0.1, 0.15) is 42.9 Å². The van der Waals surface area contributed by atoms with Gasteiger partial charge in [0.15, 0.2) is 17.5 Å². The molecule has 3 heteroatoms. The minimum Gasteiger partial charge on any atom is -0.204 e. The van der Waals surface area contributed by atoms with Crippen LogP contribution in [0.25, 0.3) is 11.1 Å². The zero-order chi connectivity index (χ0) is 15.0. The molecule has 110 valence electrons. The lowest BCUT2D eigenvalue weighted by atomic mass is 10.0. The first kappa shape index (κ1) is 14.2. The number of unbranched alkanes of at least 4 members (excludes halogenated alkanes) is 2. The molecule has 0 amide bonds. The third kappa shape index (κ3) is 2.45. The second-order valence-electron chi connectivity index (χ2n) is 5.64. The van der Waals surface area contributed by atoms with Gasteiger partial charge >= 0.3 is 0 Å². The van der Waals surface area contributed by atoms with E-state index in [0.29, 0.717) is 12.0 Å². The smallest absolute Gasteiger partial charge is 0.194 e. The van der Waals surface area contributed by atoms with E-state index >= 15 is 0 Å². The van der Waals surface area contributed by atoms with Gasteiger partial charge in [-0.1, -0.05) is 38.0 Å². The van der Waals surface area contributed by atoms with Crippen molar-refractivity contribution in [3.05, 3.63) is 58.4 Å². The summed E-state index contributed by atoms with van der Waals surface area (Å²) in [4.78, 5) is 0. The van der Waals surface area contributed by atoms with Gasteiger partial charge < -0.3 is 0 Å². The standard InChI is InChI=1S/C18H17F3/c1-2-3-4-5-11-6-7-13-12(8-11)9-15-14(13)10-16(19)18(21)17(15)20/h6-8,10H,2-5,9H2,1H3. The summed E-state index contributed by atoms with van der Waals surface area (Å²) in [6.07, 6.45) is 4.81. The van der Waals surface area contributed by atoms with Crippen molar-refractivity contribution >= 4 is 0 Å². The molecule has 0 aromatic heterocycles. The molecule has 0 fully saturated rings. The van der Waals surface area contributed by atoms with Crippen LogP contribution in [-0.4, -0.2) is 0 Å². The molecule has 1 aliphatic carbocycles. The molecule has 2 aromatic carbocycles. The van der Waals surface area contributed by atoms with Crippen molar-refractivity contribution in [2.75, 3.05) is 0 Å². The third-order valence-electron chi connectivity index (χ3n) is 4.16. The zero-order valence-corrected chi connectivity index (χ0v) is 12.0. The van der Waals surface area contributed by atoms with Crippen molar-refractivity contribution in [1.29, 1.82) is 0 Å². The summed E-state index contributed by atoms with van der Waals surface area (Å²) < 4.78 is 40.6. The Hall–Kier alpha value is -1.77.